The van der Waals surface area contributed by atoms with Crippen molar-refractivity contribution < 1.29 is 27.1 Å². The molecule has 184 valence electrons. The van der Waals surface area contributed by atoms with Crippen molar-refractivity contribution in [2.24, 2.45) is 0 Å². The van der Waals surface area contributed by atoms with E-state index < -0.39 is 29.8 Å². The molecular formula is C23H26BrF3N4O3. The highest BCUT2D eigenvalue weighted by molar-refractivity contribution is 9.10. The molecule has 0 N–H and O–H groups in total. The summed E-state index contributed by atoms with van der Waals surface area (Å²) in [7, 11) is 0. The highest BCUT2D eigenvalue weighted by Gasteiger charge is 2.37. The zero-order valence-electron chi connectivity index (χ0n) is 20.0. The van der Waals surface area contributed by atoms with Crippen LogP contribution in [0.1, 0.15) is 52.7 Å². The van der Waals surface area contributed by atoms with Crippen molar-refractivity contribution in [3.05, 3.63) is 34.1 Å². The average molecular weight is 543 g/mol. The number of anilines is 1. The fourth-order valence-corrected chi connectivity index (χ4v) is 3.61. The Morgan fingerprint density at radius 3 is 2.24 bits per heavy atom. The number of benzene rings is 1. The number of alkyl halides is 3. The quantitative estimate of drug-likeness (QED) is 0.356. The van der Waals surface area contributed by atoms with Crippen molar-refractivity contribution in [1.29, 1.82) is 0 Å². The highest BCUT2D eigenvalue weighted by Crippen LogP contribution is 2.37. The second kappa shape index (κ2) is 8.83. The third kappa shape index (κ3) is 6.05. The number of pyridine rings is 1. The van der Waals surface area contributed by atoms with E-state index >= 15 is 0 Å². The lowest BCUT2D eigenvalue weighted by molar-refractivity contribution is -0.119. The number of hydrogen-bond acceptors (Lipinski definition) is 6. The van der Waals surface area contributed by atoms with E-state index in [0.717, 1.165) is 5.56 Å². The van der Waals surface area contributed by atoms with E-state index in [1.807, 2.05) is 20.8 Å². The van der Waals surface area contributed by atoms with Gasteiger partial charge in [-0.25, -0.2) is 9.78 Å². The number of halogens is 4. The Kier molecular flexibility index (Phi) is 6.73. The maximum Gasteiger partial charge on any atom is 0.415 e. The lowest BCUT2D eigenvalue weighted by Gasteiger charge is -2.30. The zero-order valence-corrected chi connectivity index (χ0v) is 21.6. The highest BCUT2D eigenvalue weighted by atomic mass is 79.9. The first-order valence-electron chi connectivity index (χ1n) is 10.5. The molecule has 3 rings (SSSR count). The summed E-state index contributed by atoms with van der Waals surface area (Å²) in [6.07, 6.45) is -5.71. The molecular weight excluding hydrogens is 517 g/mol. The van der Waals surface area contributed by atoms with E-state index in [0.29, 0.717) is 27.1 Å². The van der Waals surface area contributed by atoms with Crippen LogP contribution in [0.2, 0.25) is 0 Å². The first-order valence-corrected chi connectivity index (χ1v) is 11.3. The Balaban J connectivity index is 2.26. The molecule has 1 aromatic carbocycles. The first-order chi connectivity index (χ1) is 15.4. The van der Waals surface area contributed by atoms with Gasteiger partial charge in [0.25, 0.3) is 10.7 Å². The Morgan fingerprint density at radius 1 is 1.09 bits per heavy atom. The number of amides is 1. The van der Waals surface area contributed by atoms with Crippen LogP contribution in [0.3, 0.4) is 0 Å². The Hall–Kier alpha value is -2.69. The molecule has 0 aliphatic carbocycles. The average Bonchev–Trinajstić information content (AvgIpc) is 3.09. The third-order valence-corrected chi connectivity index (χ3v) is 5.12. The summed E-state index contributed by atoms with van der Waals surface area (Å²) in [5.41, 5.74) is 0.964. The van der Waals surface area contributed by atoms with Gasteiger partial charge in [-0.2, -0.15) is 13.2 Å². The molecule has 0 atom stereocenters. The molecule has 1 amide bonds. The Bertz CT molecular complexity index is 1230. The fourth-order valence-electron chi connectivity index (χ4n) is 3.38. The number of fused-ring (bicyclic) bond motifs is 1. The van der Waals surface area contributed by atoms with Gasteiger partial charge in [-0.05, 0) is 62.4 Å². The minimum atomic E-state index is -4.63. The molecule has 0 unspecified atom stereocenters. The van der Waals surface area contributed by atoms with Gasteiger partial charge in [0, 0.05) is 27.0 Å². The van der Waals surface area contributed by atoms with Gasteiger partial charge in [0.2, 0.25) is 0 Å². The second-order valence-electron chi connectivity index (χ2n) is 10.0. The monoisotopic (exact) mass is 542 g/mol. The second-order valence-corrected chi connectivity index (χ2v) is 10.7. The molecule has 3 aromatic rings. The molecule has 0 radical (unpaired) electrons. The lowest BCUT2D eigenvalue weighted by Crippen LogP contribution is -2.42. The molecule has 34 heavy (non-hydrogen) atoms. The number of aryl methyl sites for hydroxylation is 1. The van der Waals surface area contributed by atoms with Crippen LogP contribution < -0.4 is 4.90 Å². The summed E-state index contributed by atoms with van der Waals surface area (Å²) in [5, 5.41) is 8.34. The molecule has 0 bridgehead atoms. The van der Waals surface area contributed by atoms with Crippen molar-refractivity contribution in [1.82, 2.24) is 15.2 Å². The summed E-state index contributed by atoms with van der Waals surface area (Å²) in [6.45, 7) is 10.9. The summed E-state index contributed by atoms with van der Waals surface area (Å²) in [6, 6.07) is 4.79. The molecule has 0 aliphatic heterocycles. The third-order valence-electron chi connectivity index (χ3n) is 4.80. The van der Waals surface area contributed by atoms with E-state index in [9.17, 15) is 18.0 Å². The Morgan fingerprint density at radius 2 is 1.74 bits per heavy atom. The minimum Gasteiger partial charge on any atom is -0.443 e. The lowest BCUT2D eigenvalue weighted by atomic mass is 9.84. The largest absolute Gasteiger partial charge is 0.443 e. The molecule has 2 aromatic heterocycles. The van der Waals surface area contributed by atoms with Crippen LogP contribution in [-0.4, -0.2) is 39.6 Å². The van der Waals surface area contributed by atoms with Gasteiger partial charge in [0.1, 0.15) is 17.8 Å². The number of hydrogen-bond donors (Lipinski definition) is 0. The maximum absolute atomic E-state index is 13.5. The summed E-state index contributed by atoms with van der Waals surface area (Å²) < 4.78 is 51.1. The van der Waals surface area contributed by atoms with Crippen LogP contribution in [0.4, 0.5) is 23.7 Å². The van der Waals surface area contributed by atoms with Gasteiger partial charge in [0.15, 0.2) is 0 Å². The van der Waals surface area contributed by atoms with Crippen molar-refractivity contribution in [3.63, 3.8) is 0 Å². The summed E-state index contributed by atoms with van der Waals surface area (Å²) >= 11 is 3.12. The van der Waals surface area contributed by atoms with E-state index in [1.54, 1.807) is 39.8 Å². The molecule has 0 fully saturated rings. The molecule has 11 heteroatoms. The molecule has 0 saturated carbocycles. The number of carbonyl (C=O) groups excluding carboxylic acids is 1. The SMILES string of the molecule is Cc1cc(-c2nnc(Br)o2)nc2c(C(C)(C)C)cc(N(CC(F)(F)F)C(=O)OC(C)(C)C)cc12. The minimum absolute atomic E-state index is 0.0715. The number of rotatable bonds is 3. The molecule has 0 spiro atoms. The van der Waals surface area contributed by atoms with Crippen LogP contribution in [0.25, 0.3) is 22.5 Å². The smallest absolute Gasteiger partial charge is 0.415 e. The maximum atomic E-state index is 13.5. The zero-order chi connectivity index (χ0) is 25.6. The van der Waals surface area contributed by atoms with Gasteiger partial charge in [0.05, 0.1) is 5.52 Å². The topological polar surface area (TPSA) is 81.4 Å². The fraction of sp³-hybridized carbons (Fsp3) is 0.478. The van der Waals surface area contributed by atoms with E-state index in [1.165, 1.54) is 6.07 Å². The standard InChI is InChI=1S/C23H26BrF3N4O3/c1-12-8-16(18-29-30-19(24)33-18)28-17-14(12)9-13(10-15(17)21(2,3)4)31(11-23(25,26)27)20(32)34-22(5,6)7/h8-10H,11H2,1-7H3. The summed E-state index contributed by atoms with van der Waals surface area (Å²) in [4.78, 5) is 18.3. The van der Waals surface area contributed by atoms with Crippen molar-refractivity contribution in [3.8, 4) is 11.6 Å². The number of aromatic nitrogens is 3. The first kappa shape index (κ1) is 25.9. The van der Waals surface area contributed by atoms with Gasteiger partial charge in [-0.1, -0.05) is 20.8 Å². The van der Waals surface area contributed by atoms with E-state index in [2.05, 4.69) is 26.1 Å². The van der Waals surface area contributed by atoms with E-state index in [-0.39, 0.29) is 16.4 Å². The molecule has 0 aliphatic rings. The van der Waals surface area contributed by atoms with E-state index in [4.69, 9.17) is 14.1 Å². The van der Waals surface area contributed by atoms with Crippen LogP contribution in [0.15, 0.2) is 27.4 Å². The molecule has 2 heterocycles. The van der Waals surface area contributed by atoms with Gasteiger partial charge >= 0.3 is 12.3 Å². The predicted octanol–water partition coefficient (Wildman–Crippen LogP) is 6.96. The van der Waals surface area contributed by atoms with Crippen LogP contribution >= 0.6 is 15.9 Å². The summed E-state index contributed by atoms with van der Waals surface area (Å²) in [5.74, 6) is 0.202. The molecule has 0 saturated heterocycles. The van der Waals surface area contributed by atoms with Gasteiger partial charge in [-0.15, -0.1) is 10.2 Å². The number of ether oxygens (including phenoxy) is 1. The number of nitrogens with zero attached hydrogens (tertiary/aromatic N) is 4. The van der Waals surface area contributed by atoms with Gasteiger partial charge < -0.3 is 9.15 Å². The number of carbonyl (C=O) groups is 1. The Labute approximate surface area is 203 Å². The van der Waals surface area contributed by atoms with Crippen LogP contribution in [0.5, 0.6) is 0 Å². The van der Waals surface area contributed by atoms with Crippen molar-refractivity contribution >= 4 is 38.6 Å². The predicted molar refractivity (Wildman–Crippen MR) is 126 cm³/mol. The van der Waals surface area contributed by atoms with Crippen LogP contribution in [-0.2, 0) is 10.2 Å². The molecule has 7 nitrogen and oxygen atoms in total. The normalized spacial score (nSPS) is 12.8. The van der Waals surface area contributed by atoms with Crippen molar-refractivity contribution in [2.75, 3.05) is 11.4 Å². The van der Waals surface area contributed by atoms with Crippen LogP contribution in [0, 0.1) is 6.92 Å². The van der Waals surface area contributed by atoms with Gasteiger partial charge in [-0.3, -0.25) is 4.90 Å². The van der Waals surface area contributed by atoms with Crippen molar-refractivity contribution in [2.45, 2.75) is 65.7 Å².